The highest BCUT2D eigenvalue weighted by atomic mass is 79.9. The molecule has 0 fully saturated rings. The fraction of sp³-hybridized carbons (Fsp3) is 0.267. The Morgan fingerprint density at radius 1 is 1.32 bits per heavy atom. The summed E-state index contributed by atoms with van der Waals surface area (Å²) in [6, 6.07) is 9.57. The molecule has 3 nitrogen and oxygen atoms in total. The first-order chi connectivity index (χ1) is 9.10. The Kier molecular flexibility index (Phi) is 4.56. The van der Waals surface area contributed by atoms with E-state index in [4.69, 9.17) is 4.74 Å². The van der Waals surface area contributed by atoms with E-state index < -0.39 is 6.10 Å². The molecule has 0 aliphatic carbocycles. The number of aryl methyl sites for hydroxylation is 1. The van der Waals surface area contributed by atoms with Crippen molar-refractivity contribution in [1.29, 1.82) is 0 Å². The van der Waals surface area contributed by atoms with Crippen molar-refractivity contribution in [2.75, 3.05) is 7.11 Å². The molecule has 2 rings (SSSR count). The summed E-state index contributed by atoms with van der Waals surface area (Å²) in [7, 11) is 1.63. The standard InChI is InChI=1S/C15H16BrNO2/c1-10-7-12(5-6-17-10)14(18)9-11-3-4-15(19-2)13(16)8-11/h3-8,14,18H,9H2,1-2H3. The molecule has 0 amide bonds. The molecule has 2 aromatic rings. The number of benzene rings is 1. The minimum absolute atomic E-state index is 0.526. The molecule has 4 heteroatoms. The van der Waals surface area contributed by atoms with E-state index in [9.17, 15) is 5.11 Å². The van der Waals surface area contributed by atoms with Gasteiger partial charge in [-0.15, -0.1) is 0 Å². The molecule has 1 N–H and O–H groups in total. The second-order valence-electron chi connectivity index (χ2n) is 4.42. The lowest BCUT2D eigenvalue weighted by Crippen LogP contribution is -2.02. The predicted octanol–water partition coefficient (Wildman–Crippen LogP) is 3.44. The number of nitrogens with zero attached hydrogens (tertiary/aromatic N) is 1. The molecule has 0 aliphatic rings. The van der Waals surface area contributed by atoms with E-state index in [2.05, 4.69) is 20.9 Å². The molecule has 0 saturated carbocycles. The lowest BCUT2D eigenvalue weighted by atomic mass is 10.0. The van der Waals surface area contributed by atoms with E-state index in [0.717, 1.165) is 27.0 Å². The number of ether oxygens (including phenoxy) is 1. The topological polar surface area (TPSA) is 42.4 Å². The van der Waals surface area contributed by atoms with Crippen molar-refractivity contribution in [3.63, 3.8) is 0 Å². The van der Waals surface area contributed by atoms with E-state index in [-0.39, 0.29) is 0 Å². The first kappa shape index (κ1) is 14.0. The molecule has 0 bridgehead atoms. The predicted molar refractivity (Wildman–Crippen MR) is 78.3 cm³/mol. The summed E-state index contributed by atoms with van der Waals surface area (Å²) >= 11 is 3.45. The van der Waals surface area contributed by atoms with Gasteiger partial charge in [0.2, 0.25) is 0 Å². The number of hydrogen-bond acceptors (Lipinski definition) is 3. The van der Waals surface area contributed by atoms with E-state index in [1.165, 1.54) is 0 Å². The summed E-state index contributed by atoms with van der Waals surface area (Å²) in [4.78, 5) is 4.13. The van der Waals surface area contributed by atoms with Crippen LogP contribution in [0.25, 0.3) is 0 Å². The number of rotatable bonds is 4. The fourth-order valence-electron chi connectivity index (χ4n) is 1.95. The van der Waals surface area contributed by atoms with Gasteiger partial charge in [0, 0.05) is 18.3 Å². The van der Waals surface area contributed by atoms with Crippen LogP contribution in [0.1, 0.15) is 22.9 Å². The van der Waals surface area contributed by atoms with Gasteiger partial charge < -0.3 is 9.84 Å². The minimum Gasteiger partial charge on any atom is -0.496 e. The van der Waals surface area contributed by atoms with Crippen molar-refractivity contribution >= 4 is 15.9 Å². The summed E-state index contributed by atoms with van der Waals surface area (Å²) in [6.45, 7) is 1.92. The minimum atomic E-state index is -0.526. The highest BCUT2D eigenvalue weighted by molar-refractivity contribution is 9.10. The van der Waals surface area contributed by atoms with E-state index in [1.54, 1.807) is 13.3 Å². The van der Waals surface area contributed by atoms with Crippen LogP contribution in [0.3, 0.4) is 0 Å². The van der Waals surface area contributed by atoms with Gasteiger partial charge in [0.1, 0.15) is 5.75 Å². The number of hydrogen-bond donors (Lipinski definition) is 1. The Labute approximate surface area is 121 Å². The van der Waals surface area contributed by atoms with Gasteiger partial charge in [0.25, 0.3) is 0 Å². The molecule has 0 aliphatic heterocycles. The van der Waals surface area contributed by atoms with Crippen LogP contribution in [0.15, 0.2) is 41.0 Å². The molecule has 19 heavy (non-hydrogen) atoms. The molecule has 0 spiro atoms. The first-order valence-corrected chi connectivity index (χ1v) is 6.82. The third kappa shape index (κ3) is 3.55. The molecule has 1 heterocycles. The lowest BCUT2D eigenvalue weighted by molar-refractivity contribution is 0.178. The molecule has 1 aromatic heterocycles. The average Bonchev–Trinajstić information content (AvgIpc) is 2.39. The Hall–Kier alpha value is -1.39. The fourth-order valence-corrected chi connectivity index (χ4v) is 2.54. The SMILES string of the molecule is COc1ccc(CC(O)c2ccnc(C)c2)cc1Br. The molecular weight excluding hydrogens is 306 g/mol. The van der Waals surface area contributed by atoms with Gasteiger partial charge in [-0.2, -0.15) is 0 Å². The van der Waals surface area contributed by atoms with Crippen LogP contribution < -0.4 is 4.74 Å². The molecule has 100 valence electrons. The Morgan fingerprint density at radius 3 is 2.74 bits per heavy atom. The molecule has 0 radical (unpaired) electrons. The summed E-state index contributed by atoms with van der Waals surface area (Å²) < 4.78 is 6.08. The molecule has 0 saturated heterocycles. The number of aliphatic hydroxyl groups is 1. The van der Waals surface area contributed by atoms with Gasteiger partial charge in [0.05, 0.1) is 17.7 Å². The number of methoxy groups -OCH3 is 1. The second-order valence-corrected chi connectivity index (χ2v) is 5.27. The zero-order chi connectivity index (χ0) is 13.8. The zero-order valence-electron chi connectivity index (χ0n) is 10.9. The third-order valence-corrected chi connectivity index (χ3v) is 3.57. The van der Waals surface area contributed by atoms with Crippen LogP contribution in [0.5, 0.6) is 5.75 Å². The van der Waals surface area contributed by atoms with Crippen molar-refractivity contribution in [2.45, 2.75) is 19.4 Å². The second kappa shape index (κ2) is 6.17. The maximum absolute atomic E-state index is 10.2. The molecule has 1 atom stereocenters. The molecule has 1 aromatic carbocycles. The van der Waals surface area contributed by atoms with Crippen LogP contribution in [0, 0.1) is 6.92 Å². The summed E-state index contributed by atoms with van der Waals surface area (Å²) in [6.07, 6.45) is 1.76. The van der Waals surface area contributed by atoms with Crippen LogP contribution in [-0.4, -0.2) is 17.2 Å². The van der Waals surface area contributed by atoms with Gasteiger partial charge in [-0.05, 0) is 58.2 Å². The third-order valence-electron chi connectivity index (χ3n) is 2.95. The van der Waals surface area contributed by atoms with E-state index in [0.29, 0.717) is 6.42 Å². The lowest BCUT2D eigenvalue weighted by Gasteiger charge is -2.12. The van der Waals surface area contributed by atoms with Crippen molar-refractivity contribution in [3.8, 4) is 5.75 Å². The summed E-state index contributed by atoms with van der Waals surface area (Å²) in [5.41, 5.74) is 2.85. The Balaban J connectivity index is 2.14. The van der Waals surface area contributed by atoms with Crippen molar-refractivity contribution < 1.29 is 9.84 Å². The van der Waals surface area contributed by atoms with Crippen LogP contribution >= 0.6 is 15.9 Å². The number of pyridine rings is 1. The van der Waals surface area contributed by atoms with Gasteiger partial charge in [0.15, 0.2) is 0 Å². The van der Waals surface area contributed by atoms with Crippen LogP contribution in [0.4, 0.5) is 0 Å². The van der Waals surface area contributed by atoms with Gasteiger partial charge in [-0.1, -0.05) is 6.07 Å². The Bertz CT molecular complexity index is 572. The maximum atomic E-state index is 10.2. The quantitative estimate of drug-likeness (QED) is 0.938. The van der Waals surface area contributed by atoms with Crippen molar-refractivity contribution in [2.24, 2.45) is 0 Å². The monoisotopic (exact) mass is 321 g/mol. The molecule has 1 unspecified atom stereocenters. The van der Waals surface area contributed by atoms with E-state index >= 15 is 0 Å². The Morgan fingerprint density at radius 2 is 2.11 bits per heavy atom. The van der Waals surface area contributed by atoms with Crippen molar-refractivity contribution in [3.05, 3.63) is 57.8 Å². The highest BCUT2D eigenvalue weighted by Gasteiger charge is 2.10. The highest BCUT2D eigenvalue weighted by Crippen LogP contribution is 2.27. The van der Waals surface area contributed by atoms with Crippen molar-refractivity contribution in [1.82, 2.24) is 4.98 Å². The van der Waals surface area contributed by atoms with Crippen LogP contribution in [-0.2, 0) is 6.42 Å². The summed E-state index contributed by atoms with van der Waals surface area (Å²) in [5, 5.41) is 10.2. The van der Waals surface area contributed by atoms with Gasteiger partial charge in [-0.25, -0.2) is 0 Å². The normalized spacial score (nSPS) is 12.2. The first-order valence-electron chi connectivity index (χ1n) is 6.03. The van der Waals surface area contributed by atoms with Gasteiger partial charge in [-0.3, -0.25) is 4.98 Å². The average molecular weight is 322 g/mol. The van der Waals surface area contributed by atoms with Crippen LogP contribution in [0.2, 0.25) is 0 Å². The number of aromatic nitrogens is 1. The maximum Gasteiger partial charge on any atom is 0.133 e. The summed E-state index contributed by atoms with van der Waals surface area (Å²) in [5.74, 6) is 0.790. The molecular formula is C15H16BrNO2. The smallest absolute Gasteiger partial charge is 0.133 e. The largest absolute Gasteiger partial charge is 0.496 e. The van der Waals surface area contributed by atoms with Gasteiger partial charge >= 0.3 is 0 Å². The number of aliphatic hydroxyl groups excluding tert-OH is 1. The zero-order valence-corrected chi connectivity index (χ0v) is 12.5. The van der Waals surface area contributed by atoms with E-state index in [1.807, 2.05) is 37.3 Å². The number of halogens is 1.